The van der Waals surface area contributed by atoms with E-state index < -0.39 is 28.0 Å². The highest BCUT2D eigenvalue weighted by Crippen LogP contribution is 2.41. The summed E-state index contributed by atoms with van der Waals surface area (Å²) in [5, 5.41) is 31.1. The van der Waals surface area contributed by atoms with Crippen molar-refractivity contribution >= 4 is 40.3 Å². The van der Waals surface area contributed by atoms with E-state index in [9.17, 15) is 20.1 Å². The predicted octanol–water partition coefficient (Wildman–Crippen LogP) is 0.104. The number of amides is 1. The first-order valence-corrected chi connectivity index (χ1v) is 8.66. The van der Waals surface area contributed by atoms with E-state index in [0.717, 1.165) is 0 Å². The topological polar surface area (TPSA) is 102 Å². The maximum absolute atomic E-state index is 12.2. The molecule has 1 aromatic carbocycles. The first kappa shape index (κ1) is 15.8. The number of aliphatic imine (C=N–C) groups is 1. The highest BCUT2D eigenvalue weighted by atomic mass is 32.2. The zero-order chi connectivity index (χ0) is 15.7. The van der Waals surface area contributed by atoms with Gasteiger partial charge in [0.05, 0.1) is 40.3 Å². The second-order valence-corrected chi connectivity index (χ2v) is 7.64. The highest BCUT2D eigenvalue weighted by molar-refractivity contribution is 8.15. The lowest BCUT2D eigenvalue weighted by molar-refractivity contribution is -0.120. The van der Waals surface area contributed by atoms with Crippen molar-refractivity contribution in [2.45, 2.75) is 28.0 Å². The van der Waals surface area contributed by atoms with E-state index in [1.165, 1.54) is 23.5 Å². The molecule has 8 heteroatoms. The minimum absolute atomic E-state index is 0.257. The van der Waals surface area contributed by atoms with Crippen molar-refractivity contribution in [3.8, 4) is 0 Å². The van der Waals surface area contributed by atoms with Crippen molar-refractivity contribution < 1.29 is 20.1 Å². The Bertz CT molecular complexity index is 583. The summed E-state index contributed by atoms with van der Waals surface area (Å²) in [6, 6.07) is 9.19. The number of amidine groups is 1. The van der Waals surface area contributed by atoms with Crippen LogP contribution in [0.15, 0.2) is 35.3 Å². The second-order valence-electron chi connectivity index (χ2n) is 5.08. The van der Waals surface area contributed by atoms with Gasteiger partial charge in [-0.3, -0.25) is 4.79 Å². The maximum Gasteiger partial charge on any atom is 0.240 e. The molecule has 1 amide bonds. The van der Waals surface area contributed by atoms with E-state index >= 15 is 0 Å². The zero-order valence-corrected chi connectivity index (χ0v) is 13.1. The molecule has 4 N–H and O–H groups in total. The average Bonchev–Trinajstić information content (AvgIpc) is 2.52. The summed E-state index contributed by atoms with van der Waals surface area (Å²) in [5.41, 5.74) is 0.704. The quantitative estimate of drug-likeness (QED) is 0.609. The van der Waals surface area contributed by atoms with Crippen molar-refractivity contribution in [1.82, 2.24) is 5.32 Å². The fourth-order valence-electron chi connectivity index (χ4n) is 2.44. The molecule has 6 nitrogen and oxygen atoms in total. The highest BCUT2D eigenvalue weighted by Gasteiger charge is 2.50. The van der Waals surface area contributed by atoms with E-state index in [0.29, 0.717) is 10.9 Å². The summed E-state index contributed by atoms with van der Waals surface area (Å²) in [4.78, 5) is 16.6. The smallest absolute Gasteiger partial charge is 0.240 e. The van der Waals surface area contributed by atoms with Crippen molar-refractivity contribution in [2.75, 3.05) is 6.61 Å². The fraction of sp³-hybridized carbons (Fsp3) is 0.429. The molecule has 2 fully saturated rings. The number of thioether (sulfide) groups is 2. The average molecular weight is 340 g/mol. The molecule has 2 saturated heterocycles. The summed E-state index contributed by atoms with van der Waals surface area (Å²) >= 11 is 2.44. The molecule has 2 aliphatic heterocycles. The van der Waals surface area contributed by atoms with Gasteiger partial charge in [-0.15, -0.1) is 11.8 Å². The van der Waals surface area contributed by atoms with E-state index in [1.807, 2.05) is 30.3 Å². The molecule has 5 atom stereocenters. The Morgan fingerprint density at radius 2 is 1.91 bits per heavy atom. The number of nitrogens with one attached hydrogen (secondary N) is 1. The summed E-state index contributed by atoms with van der Waals surface area (Å²) < 4.78 is 0. The lowest BCUT2D eigenvalue weighted by Crippen LogP contribution is -2.60. The Hall–Kier alpha value is -1.06. The Balaban J connectivity index is 1.82. The van der Waals surface area contributed by atoms with Crippen LogP contribution in [0.5, 0.6) is 0 Å². The molecular weight excluding hydrogens is 324 g/mol. The molecular formula is C14H16N2O4S2. The van der Waals surface area contributed by atoms with Gasteiger partial charge in [0.2, 0.25) is 5.91 Å². The predicted molar refractivity (Wildman–Crippen MR) is 87.3 cm³/mol. The number of hydrogen-bond acceptors (Lipinski definition) is 7. The van der Waals surface area contributed by atoms with E-state index in [4.69, 9.17) is 0 Å². The molecule has 2 aliphatic rings. The third kappa shape index (κ3) is 3.02. The van der Waals surface area contributed by atoms with Crippen LogP contribution in [0.2, 0.25) is 0 Å². The Morgan fingerprint density at radius 3 is 2.59 bits per heavy atom. The molecule has 0 saturated carbocycles. The third-order valence-electron chi connectivity index (χ3n) is 3.59. The van der Waals surface area contributed by atoms with Crippen LogP contribution in [-0.2, 0) is 4.79 Å². The SMILES string of the molecule is O=C1NC(=Nc2ccccc2)S[C@H]2[C@@H](O)[C@H](O)[C@@H](CO)S[C@@H]12. The minimum Gasteiger partial charge on any atom is -0.395 e. The molecule has 2 heterocycles. The summed E-state index contributed by atoms with van der Waals surface area (Å²) in [6.07, 6.45) is -2.15. The molecule has 3 rings (SSSR count). The van der Waals surface area contributed by atoms with E-state index in [2.05, 4.69) is 10.3 Å². The van der Waals surface area contributed by atoms with Crippen LogP contribution >= 0.6 is 23.5 Å². The van der Waals surface area contributed by atoms with Crippen LogP contribution in [0.4, 0.5) is 5.69 Å². The Kier molecular flexibility index (Phi) is 4.74. The van der Waals surface area contributed by atoms with Crippen LogP contribution < -0.4 is 5.32 Å². The van der Waals surface area contributed by atoms with Crippen molar-refractivity contribution in [3.63, 3.8) is 0 Å². The first-order chi connectivity index (χ1) is 10.6. The molecule has 0 bridgehead atoms. The number of para-hydroxylation sites is 1. The Labute approximate surface area is 136 Å². The number of aliphatic hydroxyl groups is 3. The maximum atomic E-state index is 12.2. The fourth-order valence-corrected chi connectivity index (χ4v) is 5.21. The molecule has 0 aromatic heterocycles. The Morgan fingerprint density at radius 1 is 1.18 bits per heavy atom. The van der Waals surface area contributed by atoms with Gasteiger partial charge in [-0.1, -0.05) is 30.0 Å². The van der Waals surface area contributed by atoms with Gasteiger partial charge in [-0.05, 0) is 12.1 Å². The lowest BCUT2D eigenvalue weighted by atomic mass is 10.0. The zero-order valence-electron chi connectivity index (χ0n) is 11.5. The van der Waals surface area contributed by atoms with Gasteiger partial charge in [-0.2, -0.15) is 0 Å². The number of hydrogen-bond donors (Lipinski definition) is 4. The molecule has 118 valence electrons. The van der Waals surface area contributed by atoms with Gasteiger partial charge in [0.1, 0.15) is 0 Å². The largest absolute Gasteiger partial charge is 0.395 e. The van der Waals surface area contributed by atoms with Crippen LogP contribution in [0.1, 0.15) is 0 Å². The molecule has 1 aromatic rings. The number of fused-ring (bicyclic) bond motifs is 1. The number of carbonyl (C=O) groups excluding carboxylic acids is 1. The van der Waals surface area contributed by atoms with Crippen LogP contribution in [0.3, 0.4) is 0 Å². The number of benzene rings is 1. The van der Waals surface area contributed by atoms with E-state index in [-0.39, 0.29) is 12.5 Å². The summed E-state index contributed by atoms with van der Waals surface area (Å²) in [7, 11) is 0. The molecule has 0 radical (unpaired) electrons. The normalized spacial score (nSPS) is 36.8. The van der Waals surface area contributed by atoms with Gasteiger partial charge >= 0.3 is 0 Å². The summed E-state index contributed by atoms with van der Waals surface area (Å²) in [6.45, 7) is -0.283. The lowest BCUT2D eigenvalue weighted by Gasteiger charge is -2.43. The molecule has 0 spiro atoms. The number of nitrogens with zero attached hydrogens (tertiary/aromatic N) is 1. The van der Waals surface area contributed by atoms with Gasteiger partial charge in [0, 0.05) is 0 Å². The second kappa shape index (κ2) is 6.59. The monoisotopic (exact) mass is 340 g/mol. The van der Waals surface area contributed by atoms with Gasteiger partial charge in [-0.25, -0.2) is 4.99 Å². The number of carbonyl (C=O) groups is 1. The van der Waals surface area contributed by atoms with Crippen molar-refractivity contribution in [1.29, 1.82) is 0 Å². The van der Waals surface area contributed by atoms with Crippen LogP contribution in [-0.4, -0.2) is 61.0 Å². The number of rotatable bonds is 2. The van der Waals surface area contributed by atoms with Crippen molar-refractivity contribution in [2.24, 2.45) is 4.99 Å². The first-order valence-electron chi connectivity index (χ1n) is 6.84. The van der Waals surface area contributed by atoms with Crippen LogP contribution in [0.25, 0.3) is 0 Å². The molecule has 0 unspecified atom stereocenters. The van der Waals surface area contributed by atoms with Crippen molar-refractivity contribution in [3.05, 3.63) is 30.3 Å². The van der Waals surface area contributed by atoms with E-state index in [1.54, 1.807) is 0 Å². The van der Waals surface area contributed by atoms with Gasteiger partial charge in [0.25, 0.3) is 0 Å². The minimum atomic E-state index is -1.08. The number of aliphatic hydroxyl groups excluding tert-OH is 3. The molecule has 0 aliphatic carbocycles. The molecule has 22 heavy (non-hydrogen) atoms. The van der Waals surface area contributed by atoms with Gasteiger partial charge in [0.15, 0.2) is 5.17 Å². The third-order valence-corrected chi connectivity index (χ3v) is 6.58. The van der Waals surface area contributed by atoms with Gasteiger partial charge < -0.3 is 20.6 Å². The summed E-state index contributed by atoms with van der Waals surface area (Å²) in [5.74, 6) is -0.257. The standard InChI is InChI=1S/C14H16N2O4S2/c17-6-8-9(18)10(19)11-12(21-8)13(20)16-14(22-11)15-7-4-2-1-3-5-7/h1-5,8-12,17-19H,6H2,(H,15,16,20)/t8-,9-,10+,11+,12-/m1/s1. The van der Waals surface area contributed by atoms with Crippen LogP contribution in [0, 0.1) is 0 Å².